The molecular formula is C20H20ClN3O4. The second-order valence-electron chi connectivity index (χ2n) is 5.90. The Labute approximate surface area is 167 Å². The number of amides is 1. The van der Waals surface area contributed by atoms with E-state index in [1.54, 1.807) is 43.5 Å². The largest absolute Gasteiger partial charge is 0.497 e. The highest BCUT2D eigenvalue weighted by Crippen LogP contribution is 2.24. The summed E-state index contributed by atoms with van der Waals surface area (Å²) >= 11 is 6.14. The van der Waals surface area contributed by atoms with Crippen LogP contribution in [0, 0.1) is 0 Å². The summed E-state index contributed by atoms with van der Waals surface area (Å²) in [5.74, 6) is 1.69. The average molecular weight is 402 g/mol. The topological polar surface area (TPSA) is 86.5 Å². The van der Waals surface area contributed by atoms with Gasteiger partial charge < -0.3 is 19.3 Å². The van der Waals surface area contributed by atoms with Gasteiger partial charge in [-0.3, -0.25) is 4.79 Å². The molecule has 0 spiro atoms. The Morgan fingerprint density at radius 3 is 2.57 bits per heavy atom. The lowest BCUT2D eigenvalue weighted by molar-refractivity contribution is -0.128. The summed E-state index contributed by atoms with van der Waals surface area (Å²) in [6.45, 7) is 1.97. The Bertz CT molecular complexity index is 927. The molecule has 0 aliphatic carbocycles. The lowest BCUT2D eigenvalue weighted by atomic mass is 10.2. The molecule has 146 valence electrons. The number of halogens is 1. The molecule has 28 heavy (non-hydrogen) atoms. The number of nitrogens with one attached hydrogen (secondary N) is 1. The Hall–Kier alpha value is -3.06. The maximum absolute atomic E-state index is 12.4. The number of methoxy groups -OCH3 is 1. The maximum atomic E-state index is 12.4. The van der Waals surface area contributed by atoms with Gasteiger partial charge in [-0.05, 0) is 42.8 Å². The third kappa shape index (κ3) is 4.80. The molecule has 0 fully saturated rings. The quantitative estimate of drug-likeness (QED) is 0.616. The van der Waals surface area contributed by atoms with Crippen molar-refractivity contribution in [2.45, 2.75) is 26.0 Å². The SMILES string of the molecule is CC[C@@H](Oc1ccc(OC)cc1)C(=O)NCc1nc(-c2ccccc2Cl)no1. The number of hydrogen-bond donors (Lipinski definition) is 1. The first-order valence-corrected chi connectivity index (χ1v) is 9.14. The van der Waals surface area contributed by atoms with Gasteiger partial charge >= 0.3 is 0 Å². The standard InChI is InChI=1S/C20H20ClN3O4/c1-3-17(27-14-10-8-13(26-2)9-11-14)20(25)22-12-18-23-19(24-28-18)15-6-4-5-7-16(15)21/h4-11,17H,3,12H2,1-2H3,(H,22,25)/t17-/m1/s1. The minimum absolute atomic E-state index is 0.0960. The molecule has 0 unspecified atom stereocenters. The van der Waals surface area contributed by atoms with Crippen LogP contribution < -0.4 is 14.8 Å². The molecule has 1 aromatic heterocycles. The minimum atomic E-state index is -0.639. The lowest BCUT2D eigenvalue weighted by Crippen LogP contribution is -2.37. The highest BCUT2D eigenvalue weighted by molar-refractivity contribution is 6.33. The number of benzene rings is 2. The van der Waals surface area contributed by atoms with Crippen molar-refractivity contribution in [1.29, 1.82) is 0 Å². The smallest absolute Gasteiger partial charge is 0.261 e. The van der Waals surface area contributed by atoms with E-state index in [4.69, 9.17) is 25.6 Å². The molecule has 0 saturated carbocycles. The van der Waals surface area contributed by atoms with Gasteiger partial charge in [0.2, 0.25) is 11.7 Å². The van der Waals surface area contributed by atoms with Crippen molar-refractivity contribution in [2.24, 2.45) is 0 Å². The van der Waals surface area contributed by atoms with Gasteiger partial charge in [0.1, 0.15) is 11.5 Å². The minimum Gasteiger partial charge on any atom is -0.497 e. The molecule has 0 saturated heterocycles. The number of hydrogen-bond acceptors (Lipinski definition) is 6. The van der Waals surface area contributed by atoms with Crippen LogP contribution in [0.2, 0.25) is 5.02 Å². The van der Waals surface area contributed by atoms with Crippen LogP contribution in [0.25, 0.3) is 11.4 Å². The number of ether oxygens (including phenoxy) is 2. The van der Waals surface area contributed by atoms with Crippen molar-refractivity contribution in [3.63, 3.8) is 0 Å². The van der Waals surface area contributed by atoms with Gasteiger partial charge in [0.05, 0.1) is 18.7 Å². The molecule has 7 nitrogen and oxygen atoms in total. The van der Waals surface area contributed by atoms with Crippen LogP contribution >= 0.6 is 11.6 Å². The molecule has 0 radical (unpaired) electrons. The van der Waals surface area contributed by atoms with Gasteiger partial charge in [-0.1, -0.05) is 35.8 Å². The third-order valence-electron chi connectivity index (χ3n) is 4.00. The van der Waals surface area contributed by atoms with E-state index in [1.165, 1.54) is 0 Å². The van der Waals surface area contributed by atoms with Crippen molar-refractivity contribution in [3.05, 3.63) is 59.4 Å². The Morgan fingerprint density at radius 1 is 1.18 bits per heavy atom. The molecule has 2 aromatic carbocycles. The Balaban J connectivity index is 1.58. The van der Waals surface area contributed by atoms with Gasteiger partial charge in [0, 0.05) is 5.56 Å². The van der Waals surface area contributed by atoms with Gasteiger partial charge in [-0.15, -0.1) is 0 Å². The molecule has 1 N–H and O–H groups in total. The summed E-state index contributed by atoms with van der Waals surface area (Å²) in [5, 5.41) is 7.19. The molecule has 0 aliphatic rings. The van der Waals surface area contributed by atoms with E-state index in [0.29, 0.717) is 28.6 Å². The average Bonchev–Trinajstić information content (AvgIpc) is 3.19. The van der Waals surface area contributed by atoms with Crippen LogP contribution in [-0.4, -0.2) is 29.3 Å². The number of carbonyl (C=O) groups excluding carboxylic acids is 1. The fraction of sp³-hybridized carbons (Fsp3) is 0.250. The van der Waals surface area contributed by atoms with Crippen LogP contribution in [0.5, 0.6) is 11.5 Å². The molecule has 0 aliphatic heterocycles. The number of carbonyl (C=O) groups is 1. The number of rotatable bonds is 8. The highest BCUT2D eigenvalue weighted by atomic mass is 35.5. The summed E-state index contributed by atoms with van der Waals surface area (Å²) in [4.78, 5) is 16.7. The molecule has 8 heteroatoms. The lowest BCUT2D eigenvalue weighted by Gasteiger charge is -2.16. The molecule has 1 heterocycles. The maximum Gasteiger partial charge on any atom is 0.261 e. The number of aromatic nitrogens is 2. The van der Waals surface area contributed by atoms with Gasteiger partial charge in [0.15, 0.2) is 6.10 Å². The molecule has 1 amide bonds. The molecule has 0 bridgehead atoms. The fourth-order valence-electron chi connectivity index (χ4n) is 2.50. The number of nitrogens with zero attached hydrogens (tertiary/aromatic N) is 2. The van der Waals surface area contributed by atoms with Crippen molar-refractivity contribution < 1.29 is 18.8 Å². The summed E-state index contributed by atoms with van der Waals surface area (Å²) in [7, 11) is 1.59. The van der Waals surface area contributed by atoms with Crippen LogP contribution in [0.1, 0.15) is 19.2 Å². The zero-order chi connectivity index (χ0) is 19.9. The zero-order valence-electron chi connectivity index (χ0n) is 15.5. The second kappa shape index (κ2) is 9.23. The van der Waals surface area contributed by atoms with E-state index < -0.39 is 6.10 Å². The predicted molar refractivity (Wildman–Crippen MR) is 104 cm³/mol. The molecule has 1 atom stereocenters. The monoisotopic (exact) mass is 401 g/mol. The fourth-order valence-corrected chi connectivity index (χ4v) is 2.72. The van der Waals surface area contributed by atoms with Gasteiger partial charge in [-0.25, -0.2) is 0 Å². The second-order valence-corrected chi connectivity index (χ2v) is 6.31. The summed E-state index contributed by atoms with van der Waals surface area (Å²) < 4.78 is 16.1. The zero-order valence-corrected chi connectivity index (χ0v) is 16.3. The van der Waals surface area contributed by atoms with Crippen LogP contribution in [-0.2, 0) is 11.3 Å². The summed E-state index contributed by atoms with van der Waals surface area (Å²) in [5.41, 5.74) is 0.666. The van der Waals surface area contributed by atoms with Crippen LogP contribution in [0.4, 0.5) is 0 Å². The predicted octanol–water partition coefficient (Wildman–Crippen LogP) is 3.87. The van der Waals surface area contributed by atoms with Crippen LogP contribution in [0.15, 0.2) is 53.1 Å². The van der Waals surface area contributed by atoms with E-state index in [2.05, 4.69) is 15.5 Å². The highest BCUT2D eigenvalue weighted by Gasteiger charge is 2.19. The van der Waals surface area contributed by atoms with Crippen LogP contribution in [0.3, 0.4) is 0 Å². The van der Waals surface area contributed by atoms with E-state index in [0.717, 1.165) is 5.75 Å². The third-order valence-corrected chi connectivity index (χ3v) is 4.33. The normalized spacial score (nSPS) is 11.7. The van der Waals surface area contributed by atoms with E-state index in [1.807, 2.05) is 19.1 Å². The first-order chi connectivity index (χ1) is 13.6. The van der Waals surface area contributed by atoms with E-state index in [9.17, 15) is 4.79 Å². The molecule has 3 rings (SSSR count). The molecule has 3 aromatic rings. The Morgan fingerprint density at radius 2 is 1.89 bits per heavy atom. The first-order valence-electron chi connectivity index (χ1n) is 8.76. The van der Waals surface area contributed by atoms with Crippen molar-refractivity contribution in [1.82, 2.24) is 15.5 Å². The van der Waals surface area contributed by atoms with E-state index in [-0.39, 0.29) is 18.3 Å². The first kappa shape index (κ1) is 19.7. The summed E-state index contributed by atoms with van der Waals surface area (Å²) in [6, 6.07) is 14.2. The van der Waals surface area contributed by atoms with E-state index >= 15 is 0 Å². The van der Waals surface area contributed by atoms with Gasteiger partial charge in [0.25, 0.3) is 5.91 Å². The van der Waals surface area contributed by atoms with Crippen molar-refractivity contribution >= 4 is 17.5 Å². The Kier molecular flexibility index (Phi) is 6.49. The summed E-state index contributed by atoms with van der Waals surface area (Å²) in [6.07, 6.45) is -0.133. The molecular weight excluding hydrogens is 382 g/mol. The van der Waals surface area contributed by atoms with Gasteiger partial charge in [-0.2, -0.15) is 4.98 Å². The van der Waals surface area contributed by atoms with Crippen molar-refractivity contribution in [2.75, 3.05) is 7.11 Å². The van der Waals surface area contributed by atoms with Crippen molar-refractivity contribution in [3.8, 4) is 22.9 Å².